The number of alkyl halides is 6. The number of hydrogen-bond donors (Lipinski definition) is 0. The maximum absolute atomic E-state index is 16.7. The molecule has 0 aliphatic heterocycles. The SMILES string of the molecule is N#Cc1ccc(N(c2cc(F)c(-c3ccc(C(F)(F)F)cc3)cc2F)c2ccc3ccc4c(N(c5ccc(C#N)cc5)c5cc(F)c(-c6ccc(C(F)(F)F)cc6)cc5F)ccc5ccc2c3c54)cc1. The Bertz CT molecular complexity index is 3490. The van der Waals surface area contributed by atoms with Gasteiger partial charge in [0.05, 0.1) is 57.1 Å². The number of nitriles is 2. The van der Waals surface area contributed by atoms with Gasteiger partial charge in [-0.15, -0.1) is 0 Å². The van der Waals surface area contributed by atoms with Crippen molar-refractivity contribution >= 4 is 66.4 Å². The Morgan fingerprint density at radius 2 is 0.700 bits per heavy atom. The molecule has 0 amide bonds. The van der Waals surface area contributed by atoms with Crippen molar-refractivity contribution in [1.82, 2.24) is 0 Å². The van der Waals surface area contributed by atoms with E-state index in [0.717, 1.165) is 72.8 Å². The van der Waals surface area contributed by atoms with Crippen LogP contribution in [-0.4, -0.2) is 0 Å². The van der Waals surface area contributed by atoms with Gasteiger partial charge in [-0.1, -0.05) is 60.7 Å². The molecule has 70 heavy (non-hydrogen) atoms. The Hall–Kier alpha value is -8.88. The second-order valence-electron chi connectivity index (χ2n) is 16.3. The maximum Gasteiger partial charge on any atom is 0.416 e. The average molecular weight is 947 g/mol. The van der Waals surface area contributed by atoms with Crippen LogP contribution < -0.4 is 9.80 Å². The molecule has 0 saturated carbocycles. The third-order valence-electron chi connectivity index (χ3n) is 12.2. The number of benzene rings is 10. The van der Waals surface area contributed by atoms with Crippen molar-refractivity contribution in [2.75, 3.05) is 9.80 Å². The highest BCUT2D eigenvalue weighted by Crippen LogP contribution is 2.49. The number of hydrogen-bond acceptors (Lipinski definition) is 4. The van der Waals surface area contributed by atoms with Gasteiger partial charge >= 0.3 is 12.4 Å². The van der Waals surface area contributed by atoms with Crippen molar-refractivity contribution in [3.8, 4) is 34.4 Å². The largest absolute Gasteiger partial charge is 0.416 e. The van der Waals surface area contributed by atoms with Gasteiger partial charge in [-0.2, -0.15) is 36.9 Å². The third-order valence-corrected chi connectivity index (χ3v) is 12.2. The van der Waals surface area contributed by atoms with Gasteiger partial charge in [0.1, 0.15) is 23.3 Å². The lowest BCUT2D eigenvalue weighted by Gasteiger charge is -2.30. The van der Waals surface area contributed by atoms with Gasteiger partial charge in [-0.3, -0.25) is 0 Å². The molecule has 0 fully saturated rings. The minimum atomic E-state index is -4.65. The number of nitrogens with zero attached hydrogens (tertiary/aromatic N) is 4. The Balaban J connectivity index is 1.16. The minimum Gasteiger partial charge on any atom is -0.307 e. The van der Waals surface area contributed by atoms with E-state index in [0.29, 0.717) is 55.1 Å². The van der Waals surface area contributed by atoms with Gasteiger partial charge in [0.2, 0.25) is 0 Å². The minimum absolute atomic E-state index is 0.00664. The van der Waals surface area contributed by atoms with Crippen LogP contribution in [0.2, 0.25) is 0 Å². The molecule has 0 saturated heterocycles. The van der Waals surface area contributed by atoms with Crippen LogP contribution >= 0.6 is 0 Å². The Morgan fingerprint density at radius 1 is 0.357 bits per heavy atom. The molecule has 0 aliphatic rings. The van der Waals surface area contributed by atoms with Crippen molar-refractivity contribution in [2.45, 2.75) is 12.4 Å². The van der Waals surface area contributed by atoms with Crippen LogP contribution in [-0.2, 0) is 12.4 Å². The van der Waals surface area contributed by atoms with Gasteiger partial charge in [0.15, 0.2) is 0 Å². The van der Waals surface area contributed by atoms with Crippen LogP contribution in [0.5, 0.6) is 0 Å². The normalized spacial score (nSPS) is 11.8. The van der Waals surface area contributed by atoms with Crippen molar-refractivity contribution in [3.05, 3.63) is 215 Å². The smallest absolute Gasteiger partial charge is 0.307 e. The fourth-order valence-corrected chi connectivity index (χ4v) is 8.88. The topological polar surface area (TPSA) is 54.1 Å². The zero-order valence-electron chi connectivity index (χ0n) is 35.7. The quantitative estimate of drug-likeness (QED) is 0.112. The average Bonchev–Trinajstić information content (AvgIpc) is 3.35. The molecule has 0 unspecified atom stereocenters. The highest BCUT2D eigenvalue weighted by Gasteiger charge is 2.32. The molecule has 0 atom stereocenters. The molecule has 0 N–H and O–H groups in total. The van der Waals surface area contributed by atoms with Gasteiger partial charge < -0.3 is 9.80 Å². The summed E-state index contributed by atoms with van der Waals surface area (Å²) in [6, 6.07) is 41.6. The zero-order valence-corrected chi connectivity index (χ0v) is 35.7. The molecule has 0 heterocycles. The predicted molar refractivity (Wildman–Crippen MR) is 250 cm³/mol. The summed E-state index contributed by atoms with van der Waals surface area (Å²) in [5, 5.41) is 23.0. The lowest BCUT2D eigenvalue weighted by atomic mass is 9.91. The molecular weight excluding hydrogens is 919 g/mol. The summed E-state index contributed by atoms with van der Waals surface area (Å²) in [4.78, 5) is 2.92. The fraction of sp³-hybridized carbons (Fsp3) is 0.0357. The number of rotatable bonds is 8. The van der Waals surface area contributed by atoms with E-state index in [9.17, 15) is 36.9 Å². The van der Waals surface area contributed by atoms with Crippen LogP contribution in [0.15, 0.2) is 170 Å². The van der Waals surface area contributed by atoms with Crippen molar-refractivity contribution in [3.63, 3.8) is 0 Å². The van der Waals surface area contributed by atoms with Crippen LogP contribution in [0.1, 0.15) is 22.3 Å². The van der Waals surface area contributed by atoms with E-state index in [-0.39, 0.29) is 44.8 Å². The summed E-state index contributed by atoms with van der Waals surface area (Å²) >= 11 is 0. The lowest BCUT2D eigenvalue weighted by Crippen LogP contribution is -2.14. The molecule has 14 heteroatoms. The Kier molecular flexibility index (Phi) is 10.9. The first-order chi connectivity index (χ1) is 33.5. The van der Waals surface area contributed by atoms with Crippen molar-refractivity contribution in [2.24, 2.45) is 0 Å². The molecule has 0 bridgehead atoms. The Morgan fingerprint density at radius 3 is 1.03 bits per heavy atom. The van der Waals surface area contributed by atoms with E-state index in [1.807, 2.05) is 24.3 Å². The predicted octanol–water partition coefficient (Wildman–Crippen LogP) is 17.2. The van der Waals surface area contributed by atoms with Crippen LogP contribution in [0.4, 0.5) is 78.0 Å². The molecule has 10 rings (SSSR count). The zero-order chi connectivity index (χ0) is 49.2. The molecule has 0 aromatic heterocycles. The molecule has 0 aliphatic carbocycles. The first kappa shape index (κ1) is 44.9. The standard InChI is InChI=1S/C56H28F10N4/c57-45-27-51(47(59)25-43(45)33-5-13-37(14-6-33)55(61,62)63)69(39-17-1-31(29-67)2-18-39)49-23-11-35-10-22-42-50(24-12-36-9-21-41(49)53(35)54(36)42)70(40-19-3-32(30-68)4-20-40)52-28-46(58)44(26-48(52)60)34-7-15-38(16-8-34)56(64,65)66/h1-28H. The fourth-order valence-electron chi connectivity index (χ4n) is 8.88. The summed E-state index contributed by atoms with van der Waals surface area (Å²) in [6.07, 6.45) is -9.29. The summed E-state index contributed by atoms with van der Waals surface area (Å²) in [5.41, 5.74) is -1.08. The highest BCUT2D eigenvalue weighted by molar-refractivity contribution is 6.28. The van der Waals surface area contributed by atoms with E-state index in [2.05, 4.69) is 0 Å². The van der Waals surface area contributed by atoms with Crippen molar-refractivity contribution in [1.29, 1.82) is 10.5 Å². The highest BCUT2D eigenvalue weighted by atomic mass is 19.4. The lowest BCUT2D eigenvalue weighted by molar-refractivity contribution is -0.138. The molecule has 10 aromatic rings. The van der Waals surface area contributed by atoms with E-state index >= 15 is 17.6 Å². The summed E-state index contributed by atoms with van der Waals surface area (Å²) in [5.74, 6) is -3.72. The Labute approximate surface area is 391 Å². The van der Waals surface area contributed by atoms with Crippen LogP contribution in [0, 0.1) is 45.9 Å². The first-order valence-electron chi connectivity index (χ1n) is 21.2. The first-order valence-corrected chi connectivity index (χ1v) is 21.2. The van der Waals surface area contributed by atoms with Crippen LogP contribution in [0.25, 0.3) is 54.6 Å². The molecule has 0 spiro atoms. The van der Waals surface area contributed by atoms with Gasteiger partial charge in [0, 0.05) is 45.4 Å². The molecule has 4 nitrogen and oxygen atoms in total. The third kappa shape index (κ3) is 7.89. The van der Waals surface area contributed by atoms with E-state index in [1.54, 1.807) is 60.7 Å². The summed E-state index contributed by atoms with van der Waals surface area (Å²) in [7, 11) is 0. The molecule has 10 aromatic carbocycles. The molecular formula is C56H28F10N4. The summed E-state index contributed by atoms with van der Waals surface area (Å²) < 4.78 is 146. The van der Waals surface area contributed by atoms with Gasteiger partial charge in [0.25, 0.3) is 0 Å². The monoisotopic (exact) mass is 946 g/mol. The van der Waals surface area contributed by atoms with E-state index in [1.165, 1.54) is 34.1 Å². The summed E-state index contributed by atoms with van der Waals surface area (Å²) in [6.45, 7) is 0. The number of anilines is 6. The van der Waals surface area contributed by atoms with E-state index in [4.69, 9.17) is 0 Å². The second kappa shape index (κ2) is 17.0. The van der Waals surface area contributed by atoms with Gasteiger partial charge in [-0.25, -0.2) is 17.6 Å². The van der Waals surface area contributed by atoms with Gasteiger partial charge in [-0.05, 0) is 130 Å². The van der Waals surface area contributed by atoms with Crippen LogP contribution in [0.3, 0.4) is 0 Å². The molecule has 0 radical (unpaired) electrons. The number of halogens is 10. The molecule has 342 valence electrons. The van der Waals surface area contributed by atoms with E-state index < -0.39 is 46.7 Å². The maximum atomic E-state index is 16.7. The van der Waals surface area contributed by atoms with Crippen molar-refractivity contribution < 1.29 is 43.9 Å². The second-order valence-corrected chi connectivity index (χ2v) is 16.3.